The number of halogens is 2. The number of thioether (sulfide) groups is 1. The van der Waals surface area contributed by atoms with E-state index in [4.69, 9.17) is 28.9 Å². The number of imidazole rings is 1. The number of nitrogens with zero attached hydrogens (tertiary/aromatic N) is 3. The maximum atomic E-state index is 6.23. The monoisotopic (exact) mass is 394 g/mol. The van der Waals surface area contributed by atoms with E-state index in [0.29, 0.717) is 15.9 Å². The number of nitrogens with two attached hydrogens (primary N) is 1. The van der Waals surface area contributed by atoms with E-state index in [2.05, 4.69) is 21.5 Å². The van der Waals surface area contributed by atoms with Gasteiger partial charge < -0.3 is 10.3 Å². The number of nitrogen functional groups attached to an aromatic ring is 1. The molecule has 0 aliphatic heterocycles. The van der Waals surface area contributed by atoms with Crippen molar-refractivity contribution in [2.45, 2.75) is 38.6 Å². The Balaban J connectivity index is 1.74. The number of hydrogen-bond acceptors (Lipinski definition) is 4. The fourth-order valence-electron chi connectivity index (χ4n) is 2.88. The third-order valence-corrected chi connectivity index (χ3v) is 6.08. The molecule has 0 radical (unpaired) electrons. The normalized spacial score (nSPS) is 11.4. The Morgan fingerprint density at radius 3 is 2.64 bits per heavy atom. The quantitative estimate of drug-likeness (QED) is 0.462. The van der Waals surface area contributed by atoms with E-state index in [1.165, 1.54) is 0 Å². The molecule has 132 valence electrons. The summed E-state index contributed by atoms with van der Waals surface area (Å²) in [5.74, 6) is 2.42. The minimum absolute atomic E-state index is 0.502. The summed E-state index contributed by atoms with van der Waals surface area (Å²) in [6.45, 7) is 6.95. The lowest BCUT2D eigenvalue weighted by molar-refractivity contribution is 0.679. The van der Waals surface area contributed by atoms with Crippen LogP contribution in [0.3, 0.4) is 0 Å². The van der Waals surface area contributed by atoms with Crippen molar-refractivity contribution in [3.05, 3.63) is 45.3 Å². The van der Waals surface area contributed by atoms with Gasteiger partial charge in [-0.3, -0.25) is 0 Å². The highest BCUT2D eigenvalue weighted by atomic mass is 35.5. The molecule has 0 atom stereocenters. The van der Waals surface area contributed by atoms with Crippen molar-refractivity contribution >= 4 is 51.8 Å². The largest absolute Gasteiger partial charge is 0.382 e. The molecule has 0 bridgehead atoms. The molecule has 2 N–H and O–H groups in total. The van der Waals surface area contributed by atoms with Crippen LogP contribution in [0, 0.1) is 20.8 Å². The van der Waals surface area contributed by atoms with Crippen LogP contribution in [0.15, 0.2) is 23.1 Å². The molecule has 0 saturated heterocycles. The molecule has 4 nitrogen and oxygen atoms in total. The van der Waals surface area contributed by atoms with Gasteiger partial charge in [0.25, 0.3) is 0 Å². The van der Waals surface area contributed by atoms with Gasteiger partial charge >= 0.3 is 0 Å². The average Bonchev–Trinajstić information content (AvgIpc) is 2.88. The first-order valence-corrected chi connectivity index (χ1v) is 9.80. The van der Waals surface area contributed by atoms with Crippen LogP contribution >= 0.6 is 35.0 Å². The second-order valence-electron chi connectivity index (χ2n) is 5.99. The highest BCUT2D eigenvalue weighted by molar-refractivity contribution is 7.99. The van der Waals surface area contributed by atoms with Gasteiger partial charge in [-0.05, 0) is 56.7 Å². The maximum absolute atomic E-state index is 6.23. The number of benzene rings is 1. The molecule has 3 aromatic rings. The lowest BCUT2D eigenvalue weighted by Gasteiger charge is -2.10. The third-order valence-electron chi connectivity index (χ3n) is 4.26. The van der Waals surface area contributed by atoms with Crippen LogP contribution in [0.1, 0.15) is 23.5 Å². The van der Waals surface area contributed by atoms with E-state index in [0.717, 1.165) is 51.7 Å². The molecule has 0 amide bonds. The molecule has 0 aliphatic carbocycles. The molecule has 0 saturated carbocycles. The van der Waals surface area contributed by atoms with Gasteiger partial charge in [0.2, 0.25) is 0 Å². The van der Waals surface area contributed by atoms with E-state index in [1.54, 1.807) is 17.8 Å². The minimum atomic E-state index is 0.502. The third kappa shape index (κ3) is 3.73. The number of aromatic nitrogens is 3. The molecule has 0 aliphatic rings. The van der Waals surface area contributed by atoms with Gasteiger partial charge in [-0.15, -0.1) is 11.8 Å². The summed E-state index contributed by atoms with van der Waals surface area (Å²) in [5.41, 5.74) is 10.0. The van der Waals surface area contributed by atoms with Gasteiger partial charge in [0.15, 0.2) is 5.82 Å². The summed E-state index contributed by atoms with van der Waals surface area (Å²) >= 11 is 13.9. The summed E-state index contributed by atoms with van der Waals surface area (Å²) in [6, 6.07) is 5.61. The molecule has 1 aromatic carbocycles. The Bertz CT molecular complexity index is 937. The molecule has 0 fully saturated rings. The topological polar surface area (TPSA) is 56.7 Å². The molecule has 7 heteroatoms. The minimum Gasteiger partial charge on any atom is -0.382 e. The molecule has 25 heavy (non-hydrogen) atoms. The van der Waals surface area contributed by atoms with Crippen molar-refractivity contribution in [2.75, 3.05) is 11.5 Å². The van der Waals surface area contributed by atoms with Crippen LogP contribution < -0.4 is 5.73 Å². The zero-order chi connectivity index (χ0) is 18.1. The highest BCUT2D eigenvalue weighted by Crippen LogP contribution is 2.31. The number of hydrogen-bond donors (Lipinski definition) is 1. The predicted molar refractivity (Wildman–Crippen MR) is 108 cm³/mol. The van der Waals surface area contributed by atoms with Gasteiger partial charge in [0, 0.05) is 22.2 Å². The molecule has 2 heterocycles. The standard InChI is InChI=1S/C18H20Cl2N4S/c1-10-11(2)22-18(21)16-17(10)24(12(3)23-16)7-4-8-25-15-6-5-13(19)9-14(15)20/h5-6,9H,4,7-8H2,1-3H3,(H2,21,22). The summed E-state index contributed by atoms with van der Waals surface area (Å²) in [5, 5.41) is 1.36. The lowest BCUT2D eigenvalue weighted by Crippen LogP contribution is -2.04. The van der Waals surface area contributed by atoms with Crippen molar-refractivity contribution in [3.8, 4) is 0 Å². The van der Waals surface area contributed by atoms with E-state index in [-0.39, 0.29) is 0 Å². The molecule has 0 spiro atoms. The van der Waals surface area contributed by atoms with Crippen LogP contribution in [0.4, 0.5) is 5.82 Å². The number of fused-ring (bicyclic) bond motifs is 1. The average molecular weight is 395 g/mol. The van der Waals surface area contributed by atoms with E-state index < -0.39 is 0 Å². The fourth-order valence-corrected chi connectivity index (χ4v) is 4.31. The summed E-state index contributed by atoms with van der Waals surface area (Å²) < 4.78 is 2.24. The first-order valence-electron chi connectivity index (χ1n) is 8.06. The van der Waals surface area contributed by atoms with Crippen molar-refractivity contribution in [1.29, 1.82) is 0 Å². The Hall–Kier alpha value is -1.43. The smallest absolute Gasteiger partial charge is 0.151 e. The highest BCUT2D eigenvalue weighted by Gasteiger charge is 2.15. The number of pyridine rings is 1. The van der Waals surface area contributed by atoms with Crippen molar-refractivity contribution < 1.29 is 0 Å². The fraction of sp³-hybridized carbons (Fsp3) is 0.333. The number of anilines is 1. The molecular formula is C18H20Cl2N4S. The zero-order valence-electron chi connectivity index (χ0n) is 14.4. The summed E-state index contributed by atoms with van der Waals surface area (Å²) in [6.07, 6.45) is 0.997. The van der Waals surface area contributed by atoms with Gasteiger partial charge in [0.1, 0.15) is 11.3 Å². The van der Waals surface area contributed by atoms with Crippen LogP contribution in [0.5, 0.6) is 0 Å². The van der Waals surface area contributed by atoms with Crippen molar-refractivity contribution in [1.82, 2.24) is 14.5 Å². The summed E-state index contributed by atoms with van der Waals surface area (Å²) in [7, 11) is 0. The van der Waals surface area contributed by atoms with Gasteiger partial charge in [-0.1, -0.05) is 23.2 Å². The second-order valence-corrected chi connectivity index (χ2v) is 7.97. The first kappa shape index (κ1) is 18.4. The van der Waals surface area contributed by atoms with Gasteiger partial charge in [-0.2, -0.15) is 0 Å². The lowest BCUT2D eigenvalue weighted by atomic mass is 10.2. The van der Waals surface area contributed by atoms with Crippen molar-refractivity contribution in [2.24, 2.45) is 0 Å². The maximum Gasteiger partial charge on any atom is 0.151 e. The number of aryl methyl sites for hydroxylation is 4. The van der Waals surface area contributed by atoms with Gasteiger partial charge in [-0.25, -0.2) is 9.97 Å². The van der Waals surface area contributed by atoms with Crippen LogP contribution in [-0.2, 0) is 6.54 Å². The van der Waals surface area contributed by atoms with Gasteiger partial charge in [0.05, 0.1) is 10.5 Å². The zero-order valence-corrected chi connectivity index (χ0v) is 16.8. The number of rotatable bonds is 5. The molecular weight excluding hydrogens is 375 g/mol. The predicted octanol–water partition coefficient (Wildman–Crippen LogP) is 5.43. The van der Waals surface area contributed by atoms with Crippen LogP contribution in [0.25, 0.3) is 11.0 Å². The Morgan fingerprint density at radius 2 is 1.92 bits per heavy atom. The first-order chi connectivity index (χ1) is 11.9. The SMILES string of the molecule is Cc1nc(N)c2nc(C)n(CCCSc3ccc(Cl)cc3Cl)c2c1C. The Morgan fingerprint density at radius 1 is 1.16 bits per heavy atom. The summed E-state index contributed by atoms with van der Waals surface area (Å²) in [4.78, 5) is 10.0. The molecule has 3 rings (SSSR count). The second kappa shape index (κ2) is 7.44. The van der Waals surface area contributed by atoms with Crippen LogP contribution in [0.2, 0.25) is 10.0 Å². The van der Waals surface area contributed by atoms with Crippen LogP contribution in [-0.4, -0.2) is 20.3 Å². The Labute approximate surface area is 161 Å². The Kier molecular flexibility index (Phi) is 5.46. The molecule has 0 unspecified atom stereocenters. The van der Waals surface area contributed by atoms with E-state index in [1.807, 2.05) is 26.0 Å². The van der Waals surface area contributed by atoms with Crippen molar-refractivity contribution in [3.63, 3.8) is 0 Å². The van der Waals surface area contributed by atoms with E-state index in [9.17, 15) is 0 Å². The molecule has 2 aromatic heterocycles. The van der Waals surface area contributed by atoms with E-state index >= 15 is 0 Å².